The third kappa shape index (κ3) is 2.96. The fourth-order valence-corrected chi connectivity index (χ4v) is 1.98. The van der Waals surface area contributed by atoms with Crippen LogP contribution in [0.1, 0.15) is 17.3 Å². The van der Waals surface area contributed by atoms with Crippen LogP contribution < -0.4 is 9.47 Å². The second kappa shape index (κ2) is 6.64. The zero-order valence-electron chi connectivity index (χ0n) is 11.1. The summed E-state index contributed by atoms with van der Waals surface area (Å²) in [6, 6.07) is 5.39. The fourth-order valence-electron chi connectivity index (χ4n) is 1.55. The molecular weight excluding hydrogens is 298 g/mol. The Balaban J connectivity index is 3.13. The number of ether oxygens (including phenoxy) is 2. The number of nitrogens with zero attached hydrogens (tertiary/aromatic N) is 1. The maximum Gasteiger partial charge on any atom is 0.257 e. The van der Waals surface area contributed by atoms with Crippen molar-refractivity contribution in [3.05, 3.63) is 23.8 Å². The molecule has 0 aliphatic rings. The number of hydrogen-bond acceptors (Lipinski definition) is 3. The first kappa shape index (κ1) is 14.8. The number of carbonyl (C=O) groups excluding carboxylic acids is 1. The molecule has 0 bridgehead atoms. The van der Waals surface area contributed by atoms with Crippen LogP contribution in [0, 0.1) is 0 Å². The van der Waals surface area contributed by atoms with Crippen LogP contribution in [0.2, 0.25) is 0 Å². The van der Waals surface area contributed by atoms with E-state index in [1.807, 2.05) is 6.92 Å². The topological polar surface area (TPSA) is 38.8 Å². The summed E-state index contributed by atoms with van der Waals surface area (Å²) in [5.41, 5.74) is 0.507. The Hall–Kier alpha value is -1.23. The standard InChI is InChI=1S/C13H18BrNO3/c1-9(8-14)15(2)13(16)10-6-5-7-11(17-3)12(10)18-4/h5-7,9H,8H2,1-4H3. The van der Waals surface area contributed by atoms with E-state index in [1.54, 1.807) is 37.3 Å². The van der Waals surface area contributed by atoms with Gasteiger partial charge in [0.25, 0.3) is 5.91 Å². The summed E-state index contributed by atoms with van der Waals surface area (Å²) in [7, 11) is 4.85. The number of benzene rings is 1. The van der Waals surface area contributed by atoms with Gasteiger partial charge in [0.1, 0.15) is 0 Å². The Bertz CT molecular complexity index is 423. The lowest BCUT2D eigenvalue weighted by Crippen LogP contribution is -2.36. The molecule has 1 aromatic carbocycles. The maximum atomic E-state index is 12.4. The molecule has 1 amide bonds. The molecule has 0 N–H and O–H groups in total. The van der Waals surface area contributed by atoms with Crippen LogP contribution in [0.4, 0.5) is 0 Å². The lowest BCUT2D eigenvalue weighted by atomic mass is 10.1. The van der Waals surface area contributed by atoms with Crippen molar-refractivity contribution < 1.29 is 14.3 Å². The lowest BCUT2D eigenvalue weighted by molar-refractivity contribution is 0.0754. The molecule has 0 saturated heterocycles. The minimum atomic E-state index is -0.0855. The summed E-state index contributed by atoms with van der Waals surface area (Å²) in [5.74, 6) is 0.944. The monoisotopic (exact) mass is 315 g/mol. The van der Waals surface area contributed by atoms with Crippen molar-refractivity contribution in [3.63, 3.8) is 0 Å². The molecule has 0 aliphatic heterocycles. The van der Waals surface area contributed by atoms with Crippen LogP contribution in [0.5, 0.6) is 11.5 Å². The number of alkyl halides is 1. The lowest BCUT2D eigenvalue weighted by Gasteiger charge is -2.24. The first-order chi connectivity index (χ1) is 8.56. The van der Waals surface area contributed by atoms with E-state index in [0.717, 1.165) is 5.33 Å². The number of halogens is 1. The zero-order valence-corrected chi connectivity index (χ0v) is 12.7. The molecule has 1 atom stereocenters. The van der Waals surface area contributed by atoms with Crippen LogP contribution in [-0.4, -0.2) is 43.4 Å². The SMILES string of the molecule is COc1cccc(C(=O)N(C)C(C)CBr)c1OC. The average molecular weight is 316 g/mol. The van der Waals surface area contributed by atoms with Gasteiger partial charge in [-0.25, -0.2) is 0 Å². The van der Waals surface area contributed by atoms with Crippen LogP contribution >= 0.6 is 15.9 Å². The van der Waals surface area contributed by atoms with Crippen molar-refractivity contribution in [3.8, 4) is 11.5 Å². The van der Waals surface area contributed by atoms with Crippen molar-refractivity contribution in [1.82, 2.24) is 4.90 Å². The van der Waals surface area contributed by atoms with Gasteiger partial charge in [0.15, 0.2) is 11.5 Å². The van der Waals surface area contributed by atoms with Crippen LogP contribution in [0.15, 0.2) is 18.2 Å². The van der Waals surface area contributed by atoms with Gasteiger partial charge in [-0.2, -0.15) is 0 Å². The molecule has 4 nitrogen and oxygen atoms in total. The van der Waals surface area contributed by atoms with Crippen molar-refractivity contribution in [1.29, 1.82) is 0 Å². The largest absolute Gasteiger partial charge is 0.493 e. The van der Waals surface area contributed by atoms with Gasteiger partial charge in [0.2, 0.25) is 0 Å². The first-order valence-electron chi connectivity index (χ1n) is 5.60. The number of rotatable bonds is 5. The van der Waals surface area contributed by atoms with E-state index in [4.69, 9.17) is 9.47 Å². The minimum absolute atomic E-state index is 0.0855. The Morgan fingerprint density at radius 3 is 2.56 bits per heavy atom. The number of methoxy groups -OCH3 is 2. The Labute approximate surface area is 116 Å². The highest BCUT2D eigenvalue weighted by molar-refractivity contribution is 9.09. The highest BCUT2D eigenvalue weighted by atomic mass is 79.9. The molecule has 0 spiro atoms. The van der Waals surface area contributed by atoms with Crippen LogP contribution in [0.25, 0.3) is 0 Å². The number of para-hydroxylation sites is 1. The predicted molar refractivity (Wildman–Crippen MR) is 74.9 cm³/mol. The number of hydrogen-bond donors (Lipinski definition) is 0. The molecule has 18 heavy (non-hydrogen) atoms. The Morgan fingerprint density at radius 2 is 2.06 bits per heavy atom. The van der Waals surface area contributed by atoms with E-state index in [1.165, 1.54) is 7.11 Å². The second-order valence-corrected chi connectivity index (χ2v) is 4.61. The minimum Gasteiger partial charge on any atom is -0.493 e. The summed E-state index contributed by atoms with van der Waals surface area (Å²) in [6.07, 6.45) is 0. The van der Waals surface area contributed by atoms with Gasteiger partial charge in [0, 0.05) is 18.4 Å². The number of carbonyl (C=O) groups is 1. The normalized spacial score (nSPS) is 11.8. The van der Waals surface area contributed by atoms with Gasteiger partial charge < -0.3 is 14.4 Å². The molecule has 0 radical (unpaired) electrons. The average Bonchev–Trinajstić information content (AvgIpc) is 2.43. The molecule has 1 rings (SSSR count). The van der Waals surface area contributed by atoms with E-state index >= 15 is 0 Å². The fraction of sp³-hybridized carbons (Fsp3) is 0.462. The van der Waals surface area contributed by atoms with E-state index in [9.17, 15) is 4.79 Å². The quantitative estimate of drug-likeness (QED) is 0.784. The summed E-state index contributed by atoms with van der Waals surface area (Å²) in [4.78, 5) is 14.0. The smallest absolute Gasteiger partial charge is 0.257 e. The molecule has 0 aromatic heterocycles. The van der Waals surface area contributed by atoms with E-state index in [2.05, 4.69) is 15.9 Å². The van der Waals surface area contributed by atoms with Crippen LogP contribution in [0.3, 0.4) is 0 Å². The van der Waals surface area contributed by atoms with Crippen molar-refractivity contribution in [2.75, 3.05) is 26.6 Å². The van der Waals surface area contributed by atoms with Crippen molar-refractivity contribution in [2.24, 2.45) is 0 Å². The Morgan fingerprint density at radius 1 is 1.39 bits per heavy atom. The summed E-state index contributed by atoms with van der Waals surface area (Å²) in [5, 5.41) is 0.724. The van der Waals surface area contributed by atoms with E-state index in [0.29, 0.717) is 17.1 Å². The van der Waals surface area contributed by atoms with Gasteiger partial charge in [-0.15, -0.1) is 0 Å². The maximum absolute atomic E-state index is 12.4. The molecule has 0 heterocycles. The first-order valence-corrected chi connectivity index (χ1v) is 6.73. The summed E-state index contributed by atoms with van der Waals surface area (Å²) >= 11 is 3.37. The van der Waals surface area contributed by atoms with Gasteiger partial charge in [-0.05, 0) is 19.1 Å². The van der Waals surface area contributed by atoms with Crippen molar-refractivity contribution in [2.45, 2.75) is 13.0 Å². The van der Waals surface area contributed by atoms with Crippen molar-refractivity contribution >= 4 is 21.8 Å². The third-order valence-corrected chi connectivity index (χ3v) is 3.78. The molecule has 0 aliphatic carbocycles. The number of amides is 1. The third-order valence-electron chi connectivity index (χ3n) is 2.84. The molecule has 100 valence electrons. The van der Waals surface area contributed by atoms with E-state index < -0.39 is 0 Å². The molecule has 0 saturated carbocycles. The zero-order chi connectivity index (χ0) is 13.7. The van der Waals surface area contributed by atoms with Crippen LogP contribution in [-0.2, 0) is 0 Å². The van der Waals surface area contributed by atoms with Gasteiger partial charge in [-0.3, -0.25) is 4.79 Å². The molecule has 1 aromatic rings. The summed E-state index contributed by atoms with van der Waals surface area (Å²) < 4.78 is 10.5. The predicted octanol–water partition coefficient (Wildman–Crippen LogP) is 2.56. The van der Waals surface area contributed by atoms with Gasteiger partial charge in [0.05, 0.1) is 19.8 Å². The molecule has 0 fully saturated rings. The Kier molecular flexibility index (Phi) is 5.47. The highest BCUT2D eigenvalue weighted by Gasteiger charge is 2.22. The molecule has 1 unspecified atom stereocenters. The van der Waals surface area contributed by atoms with E-state index in [-0.39, 0.29) is 11.9 Å². The molecule has 5 heteroatoms. The second-order valence-electron chi connectivity index (χ2n) is 3.96. The summed E-state index contributed by atoms with van der Waals surface area (Å²) in [6.45, 7) is 1.97. The highest BCUT2D eigenvalue weighted by Crippen LogP contribution is 2.31. The molecular formula is C13H18BrNO3. The van der Waals surface area contributed by atoms with Gasteiger partial charge >= 0.3 is 0 Å². The van der Waals surface area contributed by atoms with Gasteiger partial charge in [-0.1, -0.05) is 22.0 Å².